The van der Waals surface area contributed by atoms with Gasteiger partial charge in [0, 0.05) is 5.69 Å². The molecular weight excluding hydrogens is 391 g/mol. The first-order valence-electron chi connectivity index (χ1n) is 8.06. The normalized spacial score (nSPS) is 12.1. The van der Waals surface area contributed by atoms with Crippen molar-refractivity contribution in [1.82, 2.24) is 0 Å². The molecule has 3 N–H and O–H groups in total. The molecule has 0 saturated carbocycles. The Labute approximate surface area is 161 Å². The molecular formula is C18H19FN2O6S. The van der Waals surface area contributed by atoms with Gasteiger partial charge in [-0.2, -0.15) is 0 Å². The molecule has 1 amide bonds. The van der Waals surface area contributed by atoms with Crippen LogP contribution in [-0.2, 0) is 30.8 Å². The van der Waals surface area contributed by atoms with Crippen molar-refractivity contribution in [2.24, 2.45) is 5.14 Å². The molecule has 0 spiro atoms. The number of benzene rings is 2. The van der Waals surface area contributed by atoms with Gasteiger partial charge in [-0.25, -0.2) is 17.9 Å². The molecule has 0 aliphatic carbocycles. The van der Waals surface area contributed by atoms with Crippen molar-refractivity contribution in [2.75, 3.05) is 12.4 Å². The van der Waals surface area contributed by atoms with Gasteiger partial charge >= 0.3 is 5.97 Å². The third-order valence-corrected chi connectivity index (χ3v) is 4.62. The molecule has 28 heavy (non-hydrogen) atoms. The van der Waals surface area contributed by atoms with Crippen molar-refractivity contribution in [2.45, 2.75) is 24.3 Å². The number of carbonyl (C=O) groups excluding carboxylic acids is 2. The van der Waals surface area contributed by atoms with Gasteiger partial charge in [0.05, 0.1) is 18.4 Å². The molecule has 2 aromatic rings. The molecule has 150 valence electrons. The summed E-state index contributed by atoms with van der Waals surface area (Å²) in [4.78, 5) is 24.0. The van der Waals surface area contributed by atoms with Crippen LogP contribution in [0.4, 0.5) is 10.1 Å². The van der Waals surface area contributed by atoms with E-state index in [2.05, 4.69) is 5.32 Å². The average Bonchev–Trinajstić information content (AvgIpc) is 2.61. The number of amides is 1. The van der Waals surface area contributed by atoms with E-state index in [-0.39, 0.29) is 17.1 Å². The number of hydrogen-bond donors (Lipinski definition) is 2. The molecule has 1 atom stereocenters. The van der Waals surface area contributed by atoms with Crippen molar-refractivity contribution in [3.8, 4) is 5.75 Å². The summed E-state index contributed by atoms with van der Waals surface area (Å²) in [5.41, 5.74) is 0.673. The quantitative estimate of drug-likeness (QED) is 0.668. The van der Waals surface area contributed by atoms with Crippen molar-refractivity contribution >= 4 is 27.6 Å². The van der Waals surface area contributed by atoms with Crippen molar-refractivity contribution < 1.29 is 31.9 Å². The summed E-state index contributed by atoms with van der Waals surface area (Å²) in [5, 5.41) is 7.48. The van der Waals surface area contributed by atoms with Gasteiger partial charge in [0.25, 0.3) is 5.91 Å². The summed E-state index contributed by atoms with van der Waals surface area (Å²) in [6.07, 6.45) is -1.34. The van der Waals surface area contributed by atoms with Gasteiger partial charge in [-0.3, -0.25) is 9.59 Å². The lowest BCUT2D eigenvalue weighted by Gasteiger charge is -2.14. The number of sulfonamides is 1. The van der Waals surface area contributed by atoms with E-state index in [1.54, 1.807) is 0 Å². The van der Waals surface area contributed by atoms with Crippen LogP contribution in [-0.4, -0.2) is 33.5 Å². The number of nitrogens with one attached hydrogen (secondary N) is 1. The van der Waals surface area contributed by atoms with Gasteiger partial charge in [-0.1, -0.05) is 6.07 Å². The smallest absolute Gasteiger partial charge is 0.311 e. The number of ether oxygens (including phenoxy) is 2. The number of esters is 1. The predicted molar refractivity (Wildman–Crippen MR) is 98.7 cm³/mol. The van der Waals surface area contributed by atoms with E-state index in [4.69, 9.17) is 14.6 Å². The summed E-state index contributed by atoms with van der Waals surface area (Å²) in [5.74, 6) is -1.88. The maximum atomic E-state index is 13.6. The lowest BCUT2D eigenvalue weighted by Crippen LogP contribution is -2.30. The fourth-order valence-electron chi connectivity index (χ4n) is 2.25. The van der Waals surface area contributed by atoms with E-state index < -0.39 is 33.8 Å². The van der Waals surface area contributed by atoms with Crippen molar-refractivity contribution in [3.63, 3.8) is 0 Å². The van der Waals surface area contributed by atoms with Gasteiger partial charge in [0.2, 0.25) is 10.0 Å². The molecule has 2 aromatic carbocycles. The van der Waals surface area contributed by atoms with Gasteiger partial charge < -0.3 is 14.8 Å². The highest BCUT2D eigenvalue weighted by molar-refractivity contribution is 7.89. The number of primary sulfonamides is 1. The lowest BCUT2D eigenvalue weighted by molar-refractivity contribution is -0.152. The van der Waals surface area contributed by atoms with Crippen LogP contribution in [0, 0.1) is 5.82 Å². The molecule has 0 fully saturated rings. The molecule has 0 unspecified atom stereocenters. The molecule has 0 aliphatic rings. The summed E-state index contributed by atoms with van der Waals surface area (Å²) in [6, 6.07) is 9.23. The standard InChI is InChI=1S/C18H19FN2O6S/c1-11(18(23)21-13-4-6-14(7-5-13)28(20,24)25)27-17(22)10-12-3-8-16(26-2)15(19)9-12/h3-9,11H,10H2,1-2H3,(H,21,23)(H2,20,24,25)/t11-/m1/s1. The van der Waals surface area contributed by atoms with Crippen LogP contribution in [0.1, 0.15) is 12.5 Å². The fraction of sp³-hybridized carbons (Fsp3) is 0.222. The summed E-state index contributed by atoms with van der Waals surface area (Å²) < 4.78 is 45.9. The second kappa shape index (κ2) is 8.81. The lowest BCUT2D eigenvalue weighted by atomic mass is 10.1. The first kappa shape index (κ1) is 21.3. The van der Waals surface area contributed by atoms with Crippen LogP contribution in [0.5, 0.6) is 5.75 Å². The van der Waals surface area contributed by atoms with Crippen LogP contribution < -0.4 is 15.2 Å². The van der Waals surface area contributed by atoms with Crippen LogP contribution in [0.15, 0.2) is 47.4 Å². The fourth-order valence-corrected chi connectivity index (χ4v) is 2.77. The first-order chi connectivity index (χ1) is 13.1. The van der Waals surface area contributed by atoms with E-state index in [9.17, 15) is 22.4 Å². The highest BCUT2D eigenvalue weighted by Gasteiger charge is 2.19. The monoisotopic (exact) mass is 410 g/mol. The van der Waals surface area contributed by atoms with Crippen LogP contribution in [0.25, 0.3) is 0 Å². The summed E-state index contributed by atoms with van der Waals surface area (Å²) in [7, 11) is -2.51. The molecule has 2 rings (SSSR count). The predicted octanol–water partition coefficient (Wildman–Crippen LogP) is 1.59. The molecule has 0 aromatic heterocycles. The molecule has 0 bridgehead atoms. The Morgan fingerprint density at radius 1 is 1.18 bits per heavy atom. The first-order valence-corrected chi connectivity index (χ1v) is 9.60. The maximum absolute atomic E-state index is 13.6. The Morgan fingerprint density at radius 3 is 2.36 bits per heavy atom. The Bertz CT molecular complexity index is 976. The van der Waals surface area contributed by atoms with Crippen molar-refractivity contribution in [1.29, 1.82) is 0 Å². The zero-order valence-electron chi connectivity index (χ0n) is 15.1. The minimum absolute atomic E-state index is 0.0540. The summed E-state index contributed by atoms with van der Waals surface area (Å²) >= 11 is 0. The third kappa shape index (κ3) is 5.76. The maximum Gasteiger partial charge on any atom is 0.311 e. The number of hydrogen-bond acceptors (Lipinski definition) is 6. The minimum atomic E-state index is -3.83. The average molecular weight is 410 g/mol. The number of anilines is 1. The molecule has 8 nitrogen and oxygen atoms in total. The van der Waals surface area contributed by atoms with Gasteiger partial charge in [-0.15, -0.1) is 0 Å². The Morgan fingerprint density at radius 2 is 1.82 bits per heavy atom. The van der Waals surface area contributed by atoms with Gasteiger partial charge in [-0.05, 0) is 48.9 Å². The van der Waals surface area contributed by atoms with Crippen molar-refractivity contribution in [3.05, 3.63) is 53.8 Å². The van der Waals surface area contributed by atoms with Gasteiger partial charge in [0.15, 0.2) is 17.7 Å². The van der Waals surface area contributed by atoms with E-state index in [1.165, 1.54) is 50.4 Å². The highest BCUT2D eigenvalue weighted by Crippen LogP contribution is 2.18. The highest BCUT2D eigenvalue weighted by atomic mass is 32.2. The molecule has 0 saturated heterocycles. The SMILES string of the molecule is COc1ccc(CC(=O)O[C@H](C)C(=O)Nc2ccc(S(N)(=O)=O)cc2)cc1F. The van der Waals surface area contributed by atoms with Crippen LogP contribution in [0.2, 0.25) is 0 Å². The molecule has 0 heterocycles. The zero-order valence-corrected chi connectivity index (χ0v) is 16.0. The van der Waals surface area contributed by atoms with Crippen LogP contribution >= 0.6 is 0 Å². The van der Waals surface area contributed by atoms with Gasteiger partial charge in [0.1, 0.15) is 0 Å². The zero-order chi connectivity index (χ0) is 20.9. The number of halogens is 1. The molecule has 0 aliphatic heterocycles. The Hall–Kier alpha value is -2.98. The van der Waals surface area contributed by atoms with E-state index in [0.717, 1.165) is 6.07 Å². The number of nitrogens with two attached hydrogens (primary N) is 1. The minimum Gasteiger partial charge on any atom is -0.494 e. The second-order valence-electron chi connectivity index (χ2n) is 5.84. The molecule has 10 heteroatoms. The Kier molecular flexibility index (Phi) is 6.71. The van der Waals surface area contributed by atoms with E-state index in [1.807, 2.05) is 0 Å². The molecule has 0 radical (unpaired) electrons. The van der Waals surface area contributed by atoms with E-state index in [0.29, 0.717) is 11.3 Å². The number of rotatable bonds is 7. The summed E-state index contributed by atoms with van der Waals surface area (Å²) in [6.45, 7) is 1.38. The largest absolute Gasteiger partial charge is 0.494 e. The van der Waals surface area contributed by atoms with E-state index >= 15 is 0 Å². The topological polar surface area (TPSA) is 125 Å². The second-order valence-corrected chi connectivity index (χ2v) is 7.40. The Balaban J connectivity index is 1.92. The number of methoxy groups -OCH3 is 1. The third-order valence-electron chi connectivity index (χ3n) is 3.69. The van der Waals surface area contributed by atoms with Crippen LogP contribution in [0.3, 0.4) is 0 Å². The number of carbonyl (C=O) groups is 2.